The van der Waals surface area contributed by atoms with Gasteiger partial charge in [0.1, 0.15) is 0 Å². The third kappa shape index (κ3) is 8.85. The number of hydrogen-bond donors (Lipinski definition) is 3. The first kappa shape index (κ1) is 18.2. The van der Waals surface area contributed by atoms with Gasteiger partial charge in [0.05, 0.1) is 0 Å². The zero-order valence-electron chi connectivity index (χ0n) is 11.2. The van der Waals surface area contributed by atoms with E-state index in [1.165, 1.54) is 0 Å². The predicted octanol–water partition coefficient (Wildman–Crippen LogP) is 2.27. The Hall–Kier alpha value is -0.791. The molecule has 0 bridgehead atoms. The van der Waals surface area contributed by atoms with Crippen LogP contribution in [0, 0.1) is 0 Å². The number of carboxylic acids is 3. The molecular formula is C12H22O6Sn. The van der Waals surface area contributed by atoms with Crippen molar-refractivity contribution in [1.29, 1.82) is 0 Å². The zero-order valence-corrected chi connectivity index (χ0v) is 14.1. The molecule has 0 aromatic carbocycles. The number of carbonyl (C=O) groups is 3. The molecule has 0 atom stereocenters. The Morgan fingerprint density at radius 3 is 1.53 bits per heavy atom. The molecule has 0 radical (unpaired) electrons. The van der Waals surface area contributed by atoms with Crippen LogP contribution in [0.4, 0.5) is 0 Å². The second-order valence-corrected chi connectivity index (χ2v) is 18.0. The Kier molecular flexibility index (Phi) is 8.78. The van der Waals surface area contributed by atoms with Gasteiger partial charge in [0.2, 0.25) is 0 Å². The van der Waals surface area contributed by atoms with E-state index in [1.54, 1.807) is 0 Å². The molecule has 0 heterocycles. The van der Waals surface area contributed by atoms with Gasteiger partial charge in [-0.1, -0.05) is 0 Å². The van der Waals surface area contributed by atoms with E-state index in [4.69, 9.17) is 15.3 Å². The molecule has 0 fully saturated rings. The van der Waals surface area contributed by atoms with Gasteiger partial charge in [0.25, 0.3) is 0 Å². The van der Waals surface area contributed by atoms with Gasteiger partial charge in [0, 0.05) is 0 Å². The van der Waals surface area contributed by atoms with Crippen LogP contribution in [-0.2, 0) is 14.4 Å². The van der Waals surface area contributed by atoms with Crippen LogP contribution in [0.5, 0.6) is 0 Å². The van der Waals surface area contributed by atoms with Crippen molar-refractivity contribution in [3.63, 3.8) is 0 Å². The van der Waals surface area contributed by atoms with E-state index < -0.39 is 36.3 Å². The molecule has 110 valence electrons. The minimum absolute atomic E-state index is 0.209. The summed E-state index contributed by atoms with van der Waals surface area (Å²) in [6, 6.07) is 0. The van der Waals surface area contributed by atoms with E-state index in [9.17, 15) is 14.4 Å². The zero-order chi connectivity index (χ0) is 14.9. The molecule has 0 aliphatic heterocycles. The van der Waals surface area contributed by atoms with Crippen LogP contribution < -0.4 is 0 Å². The van der Waals surface area contributed by atoms with Gasteiger partial charge >= 0.3 is 116 Å². The van der Waals surface area contributed by atoms with Gasteiger partial charge in [-0.25, -0.2) is 0 Å². The SMILES string of the molecule is CCCCC[CH2][Sn]([CH2]C(=O)O)([CH2]C(=O)O)[CH2]C(=O)O. The first-order valence-corrected chi connectivity index (χ1v) is 14.5. The summed E-state index contributed by atoms with van der Waals surface area (Å²) < 4.78 is -0.0994. The molecule has 0 saturated heterocycles. The first-order valence-electron chi connectivity index (χ1n) is 6.47. The average molecular weight is 381 g/mol. The molecule has 0 aliphatic carbocycles. The van der Waals surface area contributed by atoms with E-state index >= 15 is 0 Å². The molecule has 0 aromatic heterocycles. The Labute approximate surface area is 116 Å². The second kappa shape index (κ2) is 9.17. The summed E-state index contributed by atoms with van der Waals surface area (Å²) in [5.74, 6) is -3.18. The van der Waals surface area contributed by atoms with Crippen molar-refractivity contribution in [3.05, 3.63) is 0 Å². The molecule has 0 aromatic rings. The van der Waals surface area contributed by atoms with Crippen LogP contribution in [0.1, 0.15) is 32.6 Å². The number of aliphatic carboxylic acids is 3. The Morgan fingerprint density at radius 1 is 0.789 bits per heavy atom. The van der Waals surface area contributed by atoms with Crippen molar-refractivity contribution in [1.82, 2.24) is 0 Å². The van der Waals surface area contributed by atoms with Crippen LogP contribution in [0.15, 0.2) is 0 Å². The standard InChI is InChI=1S/C6H13.3C2H3O2.Sn/c1-3-5-6-4-2;3*1-2(3)4;/h1,3-6H2,2H3;3*1H2,(H,3,4);. The van der Waals surface area contributed by atoms with Crippen LogP contribution in [0.25, 0.3) is 0 Å². The molecule has 0 rings (SSSR count). The Balaban J connectivity index is 4.82. The van der Waals surface area contributed by atoms with Gasteiger partial charge in [-0.3, -0.25) is 0 Å². The van der Waals surface area contributed by atoms with Crippen molar-refractivity contribution in [2.45, 2.75) is 50.4 Å². The molecule has 0 spiro atoms. The fourth-order valence-corrected chi connectivity index (χ4v) is 13.3. The summed E-state index contributed by atoms with van der Waals surface area (Å²) in [4.78, 5) is 32.8. The van der Waals surface area contributed by atoms with Gasteiger partial charge in [-0.2, -0.15) is 0 Å². The number of hydrogen-bond acceptors (Lipinski definition) is 3. The molecule has 0 saturated carbocycles. The summed E-state index contributed by atoms with van der Waals surface area (Å²) in [7, 11) is 0. The molecule has 3 N–H and O–H groups in total. The number of carboxylic acid groups (broad SMARTS) is 3. The first-order chi connectivity index (χ1) is 8.81. The van der Waals surface area contributed by atoms with E-state index in [2.05, 4.69) is 0 Å². The van der Waals surface area contributed by atoms with E-state index in [0.717, 1.165) is 25.7 Å². The summed E-state index contributed by atoms with van der Waals surface area (Å²) in [5, 5.41) is 26.8. The van der Waals surface area contributed by atoms with Crippen LogP contribution in [0.3, 0.4) is 0 Å². The number of rotatable bonds is 11. The average Bonchev–Trinajstić information content (AvgIpc) is 2.21. The third-order valence-corrected chi connectivity index (χ3v) is 16.2. The van der Waals surface area contributed by atoms with Gasteiger partial charge < -0.3 is 0 Å². The van der Waals surface area contributed by atoms with Crippen molar-refractivity contribution in [2.75, 3.05) is 0 Å². The maximum atomic E-state index is 10.9. The molecule has 7 heteroatoms. The van der Waals surface area contributed by atoms with Crippen molar-refractivity contribution in [2.24, 2.45) is 0 Å². The monoisotopic (exact) mass is 382 g/mol. The third-order valence-electron chi connectivity index (χ3n) is 3.14. The van der Waals surface area contributed by atoms with Crippen molar-refractivity contribution < 1.29 is 29.7 Å². The molecule has 6 nitrogen and oxygen atoms in total. The van der Waals surface area contributed by atoms with Crippen molar-refractivity contribution >= 4 is 36.3 Å². The minimum atomic E-state index is -3.68. The van der Waals surface area contributed by atoms with Crippen LogP contribution in [-0.4, -0.2) is 51.6 Å². The van der Waals surface area contributed by atoms with E-state index in [-0.39, 0.29) is 13.3 Å². The predicted molar refractivity (Wildman–Crippen MR) is 72.0 cm³/mol. The number of unbranched alkanes of at least 4 members (excludes halogenated alkanes) is 3. The van der Waals surface area contributed by atoms with Gasteiger partial charge in [-0.15, -0.1) is 0 Å². The quantitative estimate of drug-likeness (QED) is 0.374. The topological polar surface area (TPSA) is 112 Å². The van der Waals surface area contributed by atoms with Crippen LogP contribution in [0.2, 0.25) is 17.7 Å². The summed E-state index contributed by atoms with van der Waals surface area (Å²) in [6.45, 7) is 2.04. The van der Waals surface area contributed by atoms with Gasteiger partial charge in [0.15, 0.2) is 0 Å². The Morgan fingerprint density at radius 2 is 1.21 bits per heavy atom. The summed E-state index contributed by atoms with van der Waals surface area (Å²) in [6.07, 6.45) is 3.69. The summed E-state index contributed by atoms with van der Waals surface area (Å²) in [5.41, 5.74) is 0. The molecule has 0 amide bonds. The normalized spacial score (nSPS) is 11.2. The second-order valence-electron chi connectivity index (χ2n) is 5.02. The van der Waals surface area contributed by atoms with E-state index in [1.807, 2.05) is 6.92 Å². The molecule has 0 aliphatic rings. The molecule has 0 unspecified atom stereocenters. The van der Waals surface area contributed by atoms with E-state index in [0.29, 0.717) is 4.44 Å². The molecular weight excluding hydrogens is 359 g/mol. The maximum absolute atomic E-state index is 10.9. The fourth-order valence-electron chi connectivity index (χ4n) is 2.34. The van der Waals surface area contributed by atoms with Gasteiger partial charge in [-0.05, 0) is 0 Å². The Bertz CT molecular complexity index is 287. The van der Waals surface area contributed by atoms with Crippen molar-refractivity contribution in [3.8, 4) is 0 Å². The fraction of sp³-hybridized carbons (Fsp3) is 0.750. The van der Waals surface area contributed by atoms with Crippen LogP contribution >= 0.6 is 0 Å². The molecule has 19 heavy (non-hydrogen) atoms. The summed E-state index contributed by atoms with van der Waals surface area (Å²) >= 11 is -3.68.